The number of nitrogens with zero attached hydrogens (tertiary/aromatic N) is 1. The Morgan fingerprint density at radius 1 is 0.810 bits per heavy atom. The lowest BCUT2D eigenvalue weighted by Crippen LogP contribution is -2.67. The summed E-state index contributed by atoms with van der Waals surface area (Å²) in [6.07, 6.45) is -6.75. The number of likely N-dealkylation sites (N-methyl/N-ethyl adjacent to an activating group) is 1. The van der Waals surface area contributed by atoms with E-state index in [9.17, 15) is 24.3 Å². The number of allylic oxidation sites excluding steroid dienone is 3. The van der Waals surface area contributed by atoms with E-state index in [-0.39, 0.29) is 38.1 Å². The second-order valence-electron chi connectivity index (χ2n) is 25.7. The zero-order valence-corrected chi connectivity index (χ0v) is 54.4. The van der Waals surface area contributed by atoms with Gasteiger partial charge in [-0.2, -0.15) is 0 Å². The quantitative estimate of drug-likeness (QED) is 0.0695. The fourth-order valence-electron chi connectivity index (χ4n) is 11.4. The molecule has 456 valence electrons. The predicted octanol–water partition coefficient (Wildman–Crippen LogP) is 7.98. The van der Waals surface area contributed by atoms with Gasteiger partial charge in [0.15, 0.2) is 49.6 Å². The number of carbonyl (C=O) groups excluding carboxylic acids is 4. The fraction of sp³-hybridized carbons (Fsp3) is 0.860. The minimum atomic E-state index is -3.23. The molecule has 2 unspecified atom stereocenters. The number of rotatable bonds is 20. The van der Waals surface area contributed by atoms with Gasteiger partial charge < -0.3 is 75.4 Å². The lowest BCUT2D eigenvalue weighted by molar-refractivity contribution is -0.339. The summed E-state index contributed by atoms with van der Waals surface area (Å²) >= 11 is 0. The molecule has 4 rings (SSSR count). The summed E-state index contributed by atoms with van der Waals surface area (Å²) in [6, 6.07) is -0.592. The van der Waals surface area contributed by atoms with Gasteiger partial charge in [0.25, 0.3) is 0 Å². The van der Waals surface area contributed by atoms with Crippen molar-refractivity contribution in [2.45, 2.75) is 257 Å². The second kappa shape index (κ2) is 29.6. The van der Waals surface area contributed by atoms with Crippen LogP contribution in [0.4, 0.5) is 0 Å². The Morgan fingerprint density at radius 3 is 1.95 bits per heavy atom. The molecular weight excluding hydrogens is 1070 g/mol. The van der Waals surface area contributed by atoms with E-state index in [4.69, 9.17) is 64.8 Å². The molecule has 21 atom stereocenters. The maximum atomic E-state index is 14.6. The maximum Gasteiger partial charge on any atom is 0.309 e. The van der Waals surface area contributed by atoms with Gasteiger partial charge >= 0.3 is 11.9 Å². The largest absolute Gasteiger partial charge is 0.462 e. The Balaban J connectivity index is 1.80. The summed E-state index contributed by atoms with van der Waals surface area (Å²) in [7, 11) is 0.176. The third kappa shape index (κ3) is 20.3. The third-order valence-electron chi connectivity index (χ3n) is 15.0. The van der Waals surface area contributed by atoms with Crippen LogP contribution >= 0.6 is 0 Å². The molecule has 0 saturated carbocycles. The van der Waals surface area contributed by atoms with Crippen LogP contribution in [0.3, 0.4) is 0 Å². The molecule has 0 aliphatic carbocycles. The summed E-state index contributed by atoms with van der Waals surface area (Å²) in [5.41, 5.74) is -0.643. The van der Waals surface area contributed by atoms with E-state index >= 15 is 0 Å². The molecule has 79 heavy (non-hydrogen) atoms. The number of aliphatic hydroxyl groups is 1. The first-order valence-electron chi connectivity index (χ1n) is 29.9. The average Bonchev–Trinajstić information content (AvgIpc) is 3.33. The monoisotopic (exact) mass is 1180 g/mol. The van der Waals surface area contributed by atoms with Crippen LogP contribution in [0.5, 0.6) is 0 Å². The molecule has 0 aromatic carbocycles. The minimum Gasteiger partial charge on any atom is -0.462 e. The highest BCUT2D eigenvalue weighted by Gasteiger charge is 2.54. The summed E-state index contributed by atoms with van der Waals surface area (Å²) in [6.45, 7) is 29.5. The number of ether oxygens (including phenoxy) is 10. The van der Waals surface area contributed by atoms with Gasteiger partial charge in [-0.15, -0.1) is 0 Å². The number of aldehydes is 1. The Kier molecular flexibility index (Phi) is 24.2. The number of esters is 2. The molecule has 0 radical (unpaired) electrons. The van der Waals surface area contributed by atoms with Crippen molar-refractivity contribution in [3.8, 4) is 0 Å². The third-order valence-corrected chi connectivity index (χ3v) is 17.9. The molecule has 4 aliphatic heterocycles. The Hall–Kier alpha value is -2.11. The van der Waals surface area contributed by atoms with Gasteiger partial charge in [-0.05, 0) is 132 Å². The van der Waals surface area contributed by atoms with E-state index in [1.165, 1.54) is 13.2 Å². The van der Waals surface area contributed by atoms with Crippen LogP contribution in [0.25, 0.3) is 0 Å². The number of carbonyl (C=O) groups is 4. The molecule has 4 aliphatic rings. The fourth-order valence-corrected chi connectivity index (χ4v) is 14.9. The summed E-state index contributed by atoms with van der Waals surface area (Å²) in [5, 5.41) is 11.9. The summed E-state index contributed by atoms with van der Waals surface area (Å²) in [4.78, 5) is 57.2. The smallest absolute Gasteiger partial charge is 0.309 e. The molecule has 4 heterocycles. The van der Waals surface area contributed by atoms with Gasteiger partial charge in [-0.3, -0.25) is 14.4 Å². The van der Waals surface area contributed by atoms with Gasteiger partial charge in [0.1, 0.15) is 42.9 Å². The normalized spacial score (nSPS) is 40.8. The van der Waals surface area contributed by atoms with E-state index in [0.29, 0.717) is 11.9 Å². The van der Waals surface area contributed by atoms with E-state index in [0.717, 1.165) is 0 Å². The van der Waals surface area contributed by atoms with Crippen molar-refractivity contribution in [1.29, 1.82) is 0 Å². The van der Waals surface area contributed by atoms with Crippen molar-refractivity contribution in [3.63, 3.8) is 0 Å². The first-order chi connectivity index (χ1) is 37.7. The Bertz CT molecular complexity index is 2140. The first-order valence-corrected chi connectivity index (χ1v) is 38.6. The highest BCUT2D eigenvalue weighted by atomic mass is 28.4. The lowest BCUT2D eigenvalue weighted by atomic mass is 9.79. The van der Waals surface area contributed by atoms with Crippen LogP contribution < -0.4 is 0 Å². The maximum absolute atomic E-state index is 14.6. The van der Waals surface area contributed by atoms with Gasteiger partial charge in [-0.1, -0.05) is 38.5 Å². The minimum absolute atomic E-state index is 0.0478. The lowest BCUT2D eigenvalue weighted by Gasteiger charge is -2.52. The van der Waals surface area contributed by atoms with E-state index in [2.05, 4.69) is 39.3 Å². The molecule has 1 N–H and O–H groups in total. The van der Waals surface area contributed by atoms with Crippen molar-refractivity contribution >= 4 is 49.0 Å². The Morgan fingerprint density at radius 2 is 1.41 bits per heavy atom. The molecule has 0 aromatic rings. The summed E-state index contributed by atoms with van der Waals surface area (Å²) < 4.78 is 108. The highest BCUT2D eigenvalue weighted by molar-refractivity contribution is 6.70. The van der Waals surface area contributed by atoms with Crippen molar-refractivity contribution in [2.24, 2.45) is 23.7 Å². The van der Waals surface area contributed by atoms with Gasteiger partial charge in [-0.25, -0.2) is 0 Å². The molecule has 19 nitrogen and oxygen atoms in total. The molecule has 0 amide bonds. The molecular formula is C57H103NO18Si3. The molecule has 22 heteroatoms. The zero-order valence-electron chi connectivity index (χ0n) is 54.4. The molecule has 0 spiro atoms. The predicted molar refractivity (Wildman–Crippen MR) is 307 cm³/mol. The topological polar surface area (TPSA) is 212 Å². The number of ketones is 1. The standard InChI is InChI=1S/C57H103NO18Si3/c1-23-43-41(32-66-55-53(65-13)52(64-12)50(37(6)68-55)74-77(14,15)16)28-33(2)24-25-42(61)34(3)29-40(26-27-59)48(35(4)44(70-39(8)60)30-45(62)71-43)73-56-51(75-78(17,18)19)47(58(10)11)49(36(5)69-56)72-46-31-57(9,63)54(38(7)67-46)76-79(20,21)22/h24-25,27-28,34-38,40-41,43-44,46-56,63H,23,26,29-32H2,1-22H3/b25-24+,33-28+/t34-,35+,36-,37-,38+,40+,41?,43-,44-,46+,47+,48-,49-,50-,51?,52-,53-,54+,55-,56+,57-/m1/s1/i8D3. The van der Waals surface area contributed by atoms with Gasteiger partial charge in [0.2, 0.25) is 0 Å². The van der Waals surface area contributed by atoms with Crippen molar-refractivity contribution in [1.82, 2.24) is 4.90 Å². The summed E-state index contributed by atoms with van der Waals surface area (Å²) in [5.74, 6) is -5.82. The number of methoxy groups -OCH3 is 2. The van der Waals surface area contributed by atoms with Crippen LogP contribution in [0.1, 0.15) is 98.5 Å². The van der Waals surface area contributed by atoms with Crippen LogP contribution in [0, 0.1) is 23.7 Å². The van der Waals surface area contributed by atoms with Crippen molar-refractivity contribution in [2.75, 3.05) is 34.9 Å². The van der Waals surface area contributed by atoms with Crippen LogP contribution in [0.2, 0.25) is 58.9 Å². The average molecular weight is 1180 g/mol. The van der Waals surface area contributed by atoms with Crippen LogP contribution in [-0.4, -0.2) is 198 Å². The van der Waals surface area contributed by atoms with Gasteiger partial charge in [0, 0.05) is 55.8 Å². The second-order valence-corrected chi connectivity index (χ2v) is 39.1. The van der Waals surface area contributed by atoms with Crippen LogP contribution in [0.15, 0.2) is 23.8 Å². The number of cyclic esters (lactones) is 1. The number of hydrogen-bond acceptors (Lipinski definition) is 19. The molecule has 3 saturated heterocycles. The zero-order chi connectivity index (χ0) is 62.2. The van der Waals surface area contributed by atoms with Crippen LogP contribution in [-0.2, 0) is 79.8 Å². The molecule has 0 bridgehead atoms. The van der Waals surface area contributed by atoms with E-state index in [1.54, 1.807) is 34.0 Å². The Labute approximate surface area is 480 Å². The van der Waals surface area contributed by atoms with E-state index < -0.39 is 178 Å². The van der Waals surface area contributed by atoms with Crippen molar-refractivity contribution < 1.29 is 89.0 Å². The highest BCUT2D eigenvalue weighted by Crippen LogP contribution is 2.41. The number of hydrogen-bond donors (Lipinski definition) is 1. The van der Waals surface area contributed by atoms with Crippen molar-refractivity contribution in [3.05, 3.63) is 23.8 Å². The molecule has 0 aromatic heterocycles. The SMILES string of the molecule is [2H]C([2H])([2H])C(=O)O[C@@H]1CC(=O)O[C@H](CC)C(CO[C@@H]2O[C@H](C)[C@@H](O[Si](C)(C)C)[C@@H](OC)[C@H]2OC)/C=C(C)/C=C/C(=O)[C@H](C)C[C@H](CC=O)[C@H](O[C@@H]2O[C@H](C)[C@@H](O[C@H]3C[C@@](C)(O)[C@@H](O[Si](C)(C)C)[C@H](C)O3)[C@H](N(C)C)C2O[Si](C)(C)C)[C@H]1C. The van der Waals surface area contributed by atoms with E-state index in [1.807, 2.05) is 79.3 Å². The van der Waals surface area contributed by atoms with Gasteiger partial charge in [0.05, 0.1) is 61.3 Å². The first kappa shape index (κ1) is 64.5. The molecule has 3 fully saturated rings.